The first kappa shape index (κ1) is 24.7. The summed E-state index contributed by atoms with van der Waals surface area (Å²) in [5.74, 6) is 0.369. The molecule has 0 spiro atoms. The maximum absolute atomic E-state index is 13.5. The zero-order valence-electron chi connectivity index (χ0n) is 20.1. The van der Waals surface area contributed by atoms with Crippen LogP contribution in [0.4, 0.5) is 11.4 Å². The van der Waals surface area contributed by atoms with E-state index in [1.54, 1.807) is 24.3 Å². The molecule has 0 saturated heterocycles. The number of aromatic nitrogens is 3. The van der Waals surface area contributed by atoms with Gasteiger partial charge in [-0.15, -0.1) is 0 Å². The molecule has 2 heterocycles. The number of rotatable bonds is 7. The van der Waals surface area contributed by atoms with Crippen molar-refractivity contribution in [1.82, 2.24) is 14.6 Å². The van der Waals surface area contributed by atoms with E-state index in [1.807, 2.05) is 6.07 Å². The highest BCUT2D eigenvalue weighted by Crippen LogP contribution is 2.34. The second-order valence-electron chi connectivity index (χ2n) is 8.85. The molecule has 1 aliphatic carbocycles. The van der Waals surface area contributed by atoms with Gasteiger partial charge in [0.15, 0.2) is 0 Å². The molecule has 1 fully saturated rings. The highest BCUT2D eigenvalue weighted by molar-refractivity contribution is 5.86. The minimum absolute atomic E-state index is 0.0587. The van der Waals surface area contributed by atoms with Crippen molar-refractivity contribution in [3.63, 3.8) is 0 Å². The number of nitro groups is 2. The fourth-order valence-corrected chi connectivity index (χ4v) is 4.54. The zero-order chi connectivity index (χ0) is 26.6. The molecule has 192 valence electrons. The lowest BCUT2D eigenvalue weighted by atomic mass is 9.88. The van der Waals surface area contributed by atoms with E-state index >= 15 is 0 Å². The standard InChI is InChI=1S/C26H22N6O6/c33-26-20-10-4-5-11-21(20)29-25(17-7-2-1-3-8-17)30(26)28-15-18-9-6-12-22(32(36)37)24(18)38-23-14-13-19(16-27-23)31(34)35/h4-6,9-17H,1-3,7-8H2. The largest absolute Gasteiger partial charge is 0.431 e. The summed E-state index contributed by atoms with van der Waals surface area (Å²) in [4.78, 5) is 43.6. The van der Waals surface area contributed by atoms with E-state index in [0.29, 0.717) is 16.7 Å². The Hall–Kier alpha value is -5.00. The molecule has 4 aromatic rings. The predicted molar refractivity (Wildman–Crippen MR) is 139 cm³/mol. The van der Waals surface area contributed by atoms with Gasteiger partial charge in [-0.1, -0.05) is 37.5 Å². The Labute approximate surface area is 215 Å². The first-order valence-corrected chi connectivity index (χ1v) is 12.0. The summed E-state index contributed by atoms with van der Waals surface area (Å²) in [5.41, 5.74) is -0.134. The molecule has 0 amide bonds. The summed E-state index contributed by atoms with van der Waals surface area (Å²) in [6.45, 7) is 0. The summed E-state index contributed by atoms with van der Waals surface area (Å²) in [6, 6.07) is 13.8. The van der Waals surface area contributed by atoms with E-state index in [9.17, 15) is 25.0 Å². The normalized spacial score (nSPS) is 14.1. The number of ether oxygens (including phenoxy) is 1. The lowest BCUT2D eigenvalue weighted by Gasteiger charge is -2.22. The van der Waals surface area contributed by atoms with Crippen LogP contribution in [0.3, 0.4) is 0 Å². The quantitative estimate of drug-likeness (QED) is 0.182. The molecule has 2 aromatic heterocycles. The van der Waals surface area contributed by atoms with Crippen molar-refractivity contribution in [2.75, 3.05) is 0 Å². The fourth-order valence-electron chi connectivity index (χ4n) is 4.54. The Kier molecular flexibility index (Phi) is 6.85. The van der Waals surface area contributed by atoms with Crippen molar-refractivity contribution < 1.29 is 14.6 Å². The Morgan fingerprint density at radius 2 is 1.76 bits per heavy atom. The van der Waals surface area contributed by atoms with Gasteiger partial charge in [0.05, 0.1) is 27.0 Å². The SMILES string of the molecule is O=c1c2ccccc2nc(C2CCCCC2)n1N=Cc1cccc([N+](=O)[O-])c1Oc1ccc([N+](=O)[O-])cn1. The summed E-state index contributed by atoms with van der Waals surface area (Å²) in [5, 5.41) is 27.5. The highest BCUT2D eigenvalue weighted by Gasteiger charge is 2.23. The molecule has 0 bridgehead atoms. The molecule has 0 aliphatic heterocycles. The number of para-hydroxylation sites is 2. The molecule has 5 rings (SSSR count). The minimum Gasteiger partial charge on any atom is -0.431 e. The first-order valence-electron chi connectivity index (χ1n) is 12.0. The summed E-state index contributed by atoms with van der Waals surface area (Å²) in [7, 11) is 0. The van der Waals surface area contributed by atoms with Crippen LogP contribution >= 0.6 is 0 Å². The van der Waals surface area contributed by atoms with Gasteiger partial charge in [-0.25, -0.2) is 9.97 Å². The van der Waals surface area contributed by atoms with Crippen molar-refractivity contribution in [2.45, 2.75) is 38.0 Å². The van der Waals surface area contributed by atoms with E-state index in [2.05, 4.69) is 10.1 Å². The zero-order valence-corrected chi connectivity index (χ0v) is 20.1. The number of benzene rings is 2. The summed E-state index contributed by atoms with van der Waals surface area (Å²) in [6.07, 6.45) is 7.27. The molecule has 12 nitrogen and oxygen atoms in total. The number of hydrogen-bond acceptors (Lipinski definition) is 9. The van der Waals surface area contributed by atoms with E-state index in [1.165, 1.54) is 35.2 Å². The Morgan fingerprint density at radius 3 is 2.47 bits per heavy atom. The van der Waals surface area contributed by atoms with Gasteiger partial charge in [-0.2, -0.15) is 9.78 Å². The molecule has 0 atom stereocenters. The van der Waals surface area contributed by atoms with Crippen LogP contribution < -0.4 is 10.3 Å². The van der Waals surface area contributed by atoms with Gasteiger partial charge in [0.2, 0.25) is 11.6 Å². The molecule has 0 unspecified atom stereocenters. The van der Waals surface area contributed by atoms with Crippen molar-refractivity contribution in [3.05, 3.63) is 103 Å². The molecule has 2 aromatic carbocycles. The number of pyridine rings is 1. The lowest BCUT2D eigenvalue weighted by Crippen LogP contribution is -2.25. The van der Waals surface area contributed by atoms with Gasteiger partial charge in [0.1, 0.15) is 12.0 Å². The van der Waals surface area contributed by atoms with Crippen LogP contribution in [-0.4, -0.2) is 30.7 Å². The van der Waals surface area contributed by atoms with Gasteiger partial charge >= 0.3 is 5.69 Å². The topological polar surface area (TPSA) is 156 Å². The van der Waals surface area contributed by atoms with Crippen molar-refractivity contribution in [2.24, 2.45) is 5.10 Å². The monoisotopic (exact) mass is 514 g/mol. The maximum atomic E-state index is 13.5. The van der Waals surface area contributed by atoms with Crippen molar-refractivity contribution >= 4 is 28.5 Å². The van der Waals surface area contributed by atoms with Crippen molar-refractivity contribution in [3.8, 4) is 11.6 Å². The average molecular weight is 514 g/mol. The molecule has 1 aliphatic rings. The molecular formula is C26H22N6O6. The number of nitrogens with zero attached hydrogens (tertiary/aromatic N) is 6. The third kappa shape index (κ3) is 4.96. The third-order valence-corrected chi connectivity index (χ3v) is 6.42. The fraction of sp³-hybridized carbons (Fsp3) is 0.231. The van der Waals surface area contributed by atoms with Crippen LogP contribution in [0.15, 0.2) is 70.7 Å². The molecule has 38 heavy (non-hydrogen) atoms. The molecule has 1 saturated carbocycles. The average Bonchev–Trinajstić information content (AvgIpc) is 2.93. The maximum Gasteiger partial charge on any atom is 0.312 e. The molecular weight excluding hydrogens is 492 g/mol. The second-order valence-corrected chi connectivity index (χ2v) is 8.85. The van der Waals surface area contributed by atoms with Crippen LogP contribution in [0.1, 0.15) is 49.4 Å². The predicted octanol–water partition coefficient (Wildman–Crippen LogP) is 5.33. The van der Waals surface area contributed by atoms with E-state index in [4.69, 9.17) is 9.72 Å². The highest BCUT2D eigenvalue weighted by atomic mass is 16.6. The minimum atomic E-state index is -0.616. The van der Waals surface area contributed by atoms with Crippen LogP contribution in [0.5, 0.6) is 11.6 Å². The van der Waals surface area contributed by atoms with Gasteiger partial charge in [0.25, 0.3) is 11.2 Å². The van der Waals surface area contributed by atoms with Crippen LogP contribution in [0, 0.1) is 20.2 Å². The lowest BCUT2D eigenvalue weighted by molar-refractivity contribution is -0.385. The Balaban J connectivity index is 1.59. The summed E-state index contributed by atoms with van der Waals surface area (Å²) >= 11 is 0. The number of fused-ring (bicyclic) bond motifs is 1. The van der Waals surface area contributed by atoms with Gasteiger partial charge in [-0.3, -0.25) is 25.0 Å². The molecule has 12 heteroatoms. The summed E-state index contributed by atoms with van der Waals surface area (Å²) < 4.78 is 6.97. The van der Waals surface area contributed by atoms with Crippen LogP contribution in [0.25, 0.3) is 10.9 Å². The van der Waals surface area contributed by atoms with Gasteiger partial charge in [-0.05, 0) is 31.0 Å². The third-order valence-electron chi connectivity index (χ3n) is 6.42. The first-order chi connectivity index (χ1) is 18.4. The molecule has 0 radical (unpaired) electrons. The Bertz CT molecular complexity index is 1610. The smallest absolute Gasteiger partial charge is 0.312 e. The van der Waals surface area contributed by atoms with Crippen LogP contribution in [0.2, 0.25) is 0 Å². The molecule has 0 N–H and O–H groups in total. The van der Waals surface area contributed by atoms with E-state index in [-0.39, 0.29) is 40.0 Å². The second kappa shape index (κ2) is 10.5. The van der Waals surface area contributed by atoms with E-state index < -0.39 is 9.85 Å². The van der Waals surface area contributed by atoms with Crippen LogP contribution in [-0.2, 0) is 0 Å². The van der Waals surface area contributed by atoms with Crippen molar-refractivity contribution in [1.29, 1.82) is 0 Å². The van der Waals surface area contributed by atoms with Gasteiger partial charge in [0, 0.05) is 29.7 Å². The van der Waals surface area contributed by atoms with E-state index in [0.717, 1.165) is 38.3 Å². The number of nitro benzene ring substituents is 1. The van der Waals surface area contributed by atoms with Gasteiger partial charge < -0.3 is 4.74 Å². The number of hydrogen-bond donors (Lipinski definition) is 0. The Morgan fingerprint density at radius 1 is 0.974 bits per heavy atom.